The van der Waals surface area contributed by atoms with E-state index in [4.69, 9.17) is 5.73 Å². The Hall–Kier alpha value is -3.42. The molecule has 0 unspecified atom stereocenters. The van der Waals surface area contributed by atoms with E-state index in [0.29, 0.717) is 17.0 Å². The number of nitrogen functional groups attached to an aromatic ring is 1. The number of nitrogens with two attached hydrogens (primary N) is 1. The zero-order chi connectivity index (χ0) is 19.4. The van der Waals surface area contributed by atoms with Gasteiger partial charge in [-0.3, -0.25) is 5.43 Å². The maximum Gasteiger partial charge on any atom is 0.433 e. The van der Waals surface area contributed by atoms with E-state index in [0.717, 1.165) is 11.6 Å². The molecule has 138 valence electrons. The molecule has 3 aromatic rings. The van der Waals surface area contributed by atoms with Gasteiger partial charge in [-0.1, -0.05) is 42.5 Å². The maximum atomic E-state index is 13.2. The normalized spacial score (nSPS) is 12.1. The van der Waals surface area contributed by atoms with Crippen LogP contribution in [0.2, 0.25) is 0 Å². The lowest BCUT2D eigenvalue weighted by Gasteiger charge is -2.11. The van der Waals surface area contributed by atoms with Crippen molar-refractivity contribution in [1.82, 2.24) is 9.97 Å². The predicted octanol–water partition coefficient (Wildman–Crippen LogP) is 4.58. The number of nitrogens with zero attached hydrogens (tertiary/aromatic N) is 3. The summed E-state index contributed by atoms with van der Waals surface area (Å²) in [6, 6.07) is 16.3. The van der Waals surface area contributed by atoms with Crippen LogP contribution in [0.15, 0.2) is 65.8 Å². The highest BCUT2D eigenvalue weighted by Gasteiger charge is 2.33. The van der Waals surface area contributed by atoms with Gasteiger partial charge >= 0.3 is 6.18 Å². The zero-order valence-electron chi connectivity index (χ0n) is 14.3. The molecule has 0 spiro atoms. The van der Waals surface area contributed by atoms with E-state index in [1.807, 2.05) is 0 Å². The highest BCUT2D eigenvalue weighted by atomic mass is 19.4. The Morgan fingerprint density at radius 2 is 1.74 bits per heavy atom. The number of aromatic nitrogens is 2. The Kier molecular flexibility index (Phi) is 5.07. The van der Waals surface area contributed by atoms with Crippen molar-refractivity contribution in [3.8, 4) is 11.4 Å². The van der Waals surface area contributed by atoms with Gasteiger partial charge in [-0.25, -0.2) is 9.97 Å². The average Bonchev–Trinajstić information content (AvgIpc) is 2.66. The second kappa shape index (κ2) is 7.45. The lowest BCUT2D eigenvalue weighted by Crippen LogP contribution is -2.11. The summed E-state index contributed by atoms with van der Waals surface area (Å²) in [6.07, 6.45) is -4.60. The smallest absolute Gasteiger partial charge is 0.399 e. The molecule has 0 radical (unpaired) electrons. The first-order valence-corrected chi connectivity index (χ1v) is 8.01. The van der Waals surface area contributed by atoms with Gasteiger partial charge in [-0.15, -0.1) is 0 Å². The lowest BCUT2D eigenvalue weighted by atomic mass is 10.1. The fourth-order valence-corrected chi connectivity index (χ4v) is 2.34. The molecule has 0 saturated heterocycles. The number of benzene rings is 2. The molecule has 1 aromatic heterocycles. The summed E-state index contributed by atoms with van der Waals surface area (Å²) < 4.78 is 39.6. The molecule has 3 N–H and O–H groups in total. The molecule has 5 nitrogen and oxygen atoms in total. The molecule has 2 aromatic carbocycles. The summed E-state index contributed by atoms with van der Waals surface area (Å²) in [5.41, 5.74) is 9.61. The van der Waals surface area contributed by atoms with E-state index in [1.165, 1.54) is 0 Å². The highest BCUT2D eigenvalue weighted by Crippen LogP contribution is 2.30. The third-order valence-electron chi connectivity index (χ3n) is 3.69. The second-order valence-electron chi connectivity index (χ2n) is 5.76. The Balaban J connectivity index is 1.96. The minimum absolute atomic E-state index is 0.0373. The molecule has 3 rings (SSSR count). The van der Waals surface area contributed by atoms with Crippen molar-refractivity contribution in [2.24, 2.45) is 5.10 Å². The van der Waals surface area contributed by atoms with E-state index in [1.54, 1.807) is 61.5 Å². The third kappa shape index (κ3) is 4.60. The number of nitrogens with one attached hydrogen (secondary N) is 1. The monoisotopic (exact) mass is 371 g/mol. The van der Waals surface area contributed by atoms with Crippen LogP contribution in [0.1, 0.15) is 18.2 Å². The topological polar surface area (TPSA) is 76.2 Å². The third-order valence-corrected chi connectivity index (χ3v) is 3.69. The molecule has 0 aliphatic rings. The number of rotatable bonds is 4. The maximum absolute atomic E-state index is 13.2. The van der Waals surface area contributed by atoms with Gasteiger partial charge in [0, 0.05) is 17.3 Å². The summed E-state index contributed by atoms with van der Waals surface area (Å²) >= 11 is 0. The Morgan fingerprint density at radius 1 is 1.00 bits per heavy atom. The van der Waals surface area contributed by atoms with Crippen LogP contribution in [-0.4, -0.2) is 15.7 Å². The summed E-state index contributed by atoms with van der Waals surface area (Å²) in [5, 5.41) is 4.12. The van der Waals surface area contributed by atoms with E-state index in [-0.39, 0.29) is 11.6 Å². The predicted molar refractivity (Wildman–Crippen MR) is 99.2 cm³/mol. The van der Waals surface area contributed by atoms with Gasteiger partial charge in [0.15, 0.2) is 17.3 Å². The molecule has 0 aliphatic carbocycles. The van der Waals surface area contributed by atoms with Gasteiger partial charge in [0.25, 0.3) is 0 Å². The molecule has 0 atom stereocenters. The number of halogens is 3. The summed E-state index contributed by atoms with van der Waals surface area (Å²) in [6.45, 7) is 1.71. The van der Waals surface area contributed by atoms with E-state index < -0.39 is 11.9 Å². The molecular formula is C19H16F3N5. The van der Waals surface area contributed by atoms with E-state index >= 15 is 0 Å². The molecule has 27 heavy (non-hydrogen) atoms. The zero-order valence-corrected chi connectivity index (χ0v) is 14.3. The average molecular weight is 371 g/mol. The van der Waals surface area contributed by atoms with Crippen molar-refractivity contribution in [3.05, 3.63) is 71.9 Å². The van der Waals surface area contributed by atoms with E-state index in [2.05, 4.69) is 20.5 Å². The van der Waals surface area contributed by atoms with Gasteiger partial charge in [0.2, 0.25) is 0 Å². The van der Waals surface area contributed by atoms with Crippen LogP contribution < -0.4 is 11.2 Å². The number of hydrazone groups is 1. The molecule has 0 aliphatic heterocycles. The minimum Gasteiger partial charge on any atom is -0.399 e. The van der Waals surface area contributed by atoms with Gasteiger partial charge in [0.1, 0.15) is 0 Å². The Morgan fingerprint density at radius 3 is 2.41 bits per heavy atom. The number of anilines is 2. The molecular weight excluding hydrogens is 355 g/mol. The summed E-state index contributed by atoms with van der Waals surface area (Å²) in [7, 11) is 0. The SMILES string of the molecule is C/C(=N/Nc1cc(C(F)(F)F)nc(-c2ccccc2)n1)c1cccc(N)c1. The van der Waals surface area contributed by atoms with Crippen molar-refractivity contribution in [1.29, 1.82) is 0 Å². The molecule has 0 bridgehead atoms. The van der Waals surface area contributed by atoms with Crippen molar-refractivity contribution >= 4 is 17.2 Å². The number of hydrogen-bond donors (Lipinski definition) is 2. The van der Waals surface area contributed by atoms with Crippen molar-refractivity contribution in [2.45, 2.75) is 13.1 Å². The second-order valence-corrected chi connectivity index (χ2v) is 5.76. The molecule has 0 fully saturated rings. The van der Waals surface area contributed by atoms with Crippen molar-refractivity contribution < 1.29 is 13.2 Å². The van der Waals surface area contributed by atoms with Crippen LogP contribution in [0.4, 0.5) is 24.7 Å². The minimum atomic E-state index is -4.60. The largest absolute Gasteiger partial charge is 0.433 e. The standard InChI is InChI=1S/C19H16F3N5/c1-12(14-8-5-9-15(23)10-14)26-27-17-11-16(19(20,21)22)24-18(25-17)13-6-3-2-4-7-13/h2-11H,23H2,1H3,(H,24,25,27)/b26-12-. The van der Waals surface area contributed by atoms with Gasteiger partial charge in [-0.2, -0.15) is 18.3 Å². The van der Waals surface area contributed by atoms with Crippen LogP contribution in [0.25, 0.3) is 11.4 Å². The number of hydrogen-bond acceptors (Lipinski definition) is 5. The van der Waals surface area contributed by atoms with Crippen molar-refractivity contribution in [3.63, 3.8) is 0 Å². The van der Waals surface area contributed by atoms with Crippen LogP contribution in [0.3, 0.4) is 0 Å². The molecule has 0 saturated carbocycles. The first-order valence-electron chi connectivity index (χ1n) is 8.01. The molecule has 0 amide bonds. The van der Waals surface area contributed by atoms with Crippen LogP contribution in [-0.2, 0) is 6.18 Å². The van der Waals surface area contributed by atoms with Crippen LogP contribution in [0, 0.1) is 0 Å². The Bertz CT molecular complexity index is 969. The molecule has 1 heterocycles. The first-order chi connectivity index (χ1) is 12.8. The van der Waals surface area contributed by atoms with E-state index in [9.17, 15) is 13.2 Å². The van der Waals surface area contributed by atoms with Crippen molar-refractivity contribution in [2.75, 3.05) is 11.2 Å². The molecule has 8 heteroatoms. The Labute approximate surface area is 153 Å². The van der Waals surface area contributed by atoms with Gasteiger partial charge in [0.05, 0.1) is 5.71 Å². The lowest BCUT2D eigenvalue weighted by molar-refractivity contribution is -0.141. The van der Waals surface area contributed by atoms with Gasteiger partial charge in [-0.05, 0) is 24.6 Å². The fourth-order valence-electron chi connectivity index (χ4n) is 2.34. The summed E-state index contributed by atoms with van der Waals surface area (Å²) in [5.74, 6) is -0.0934. The highest BCUT2D eigenvalue weighted by molar-refractivity contribution is 5.99. The fraction of sp³-hybridized carbons (Fsp3) is 0.105. The summed E-state index contributed by atoms with van der Waals surface area (Å²) in [4.78, 5) is 7.78. The number of alkyl halides is 3. The van der Waals surface area contributed by atoms with Gasteiger partial charge < -0.3 is 5.73 Å². The van der Waals surface area contributed by atoms with Crippen LogP contribution in [0.5, 0.6) is 0 Å². The quantitative estimate of drug-likeness (QED) is 0.400. The van der Waals surface area contributed by atoms with Crippen LogP contribution >= 0.6 is 0 Å². The first kappa shape index (κ1) is 18.4.